The second-order valence-corrected chi connectivity index (χ2v) is 10.6. The number of tetrazole rings is 1. The number of hydrogen-bond acceptors (Lipinski definition) is 9. The molecule has 16 heteroatoms. The van der Waals surface area contributed by atoms with Crippen LogP contribution in [-0.2, 0) is 15.1 Å². The van der Waals surface area contributed by atoms with Gasteiger partial charge >= 0.3 is 12.0 Å². The minimum absolute atomic E-state index is 0. The maximum absolute atomic E-state index is 15.2. The molecule has 0 spiro atoms. The minimum Gasteiger partial charge on any atom is -1.00 e. The molecule has 43 heavy (non-hydrogen) atoms. The van der Waals surface area contributed by atoms with E-state index in [0.29, 0.717) is 29.0 Å². The van der Waals surface area contributed by atoms with Crippen LogP contribution in [0.3, 0.4) is 0 Å². The second kappa shape index (κ2) is 13.0. The Morgan fingerprint density at radius 1 is 1.12 bits per heavy atom. The zero-order valence-electron chi connectivity index (χ0n) is 23.8. The Hall–Kier alpha value is -4.21. The molecule has 3 aromatic rings. The van der Waals surface area contributed by atoms with E-state index in [-0.39, 0.29) is 62.4 Å². The van der Waals surface area contributed by atoms with E-state index in [0.717, 1.165) is 6.07 Å². The zero-order chi connectivity index (χ0) is 30.0. The molecule has 3 atom stereocenters. The van der Waals surface area contributed by atoms with Crippen LogP contribution in [-0.4, -0.2) is 92.5 Å². The Morgan fingerprint density at radius 2 is 1.84 bits per heavy atom. The van der Waals surface area contributed by atoms with Gasteiger partial charge in [0.05, 0.1) is 17.6 Å². The highest BCUT2D eigenvalue weighted by Gasteiger charge is 2.49. The molecule has 1 unspecified atom stereocenters. The smallest absolute Gasteiger partial charge is 0.324 e. The third kappa shape index (κ3) is 6.58. The predicted octanol–water partition coefficient (Wildman–Crippen LogP) is -2.28. The molecule has 0 bridgehead atoms. The lowest BCUT2D eigenvalue weighted by Gasteiger charge is -2.39. The first-order chi connectivity index (χ1) is 20.1. The van der Waals surface area contributed by atoms with E-state index in [1.54, 1.807) is 54.8 Å². The van der Waals surface area contributed by atoms with Crippen LogP contribution in [0.2, 0.25) is 0 Å². The van der Waals surface area contributed by atoms with Crippen molar-refractivity contribution in [2.24, 2.45) is 11.0 Å². The average Bonchev–Trinajstić information content (AvgIpc) is 3.73. The van der Waals surface area contributed by atoms with Crippen LogP contribution in [0.5, 0.6) is 0 Å². The van der Waals surface area contributed by atoms with Crippen molar-refractivity contribution in [3.8, 4) is 5.69 Å². The molecule has 13 nitrogen and oxygen atoms in total. The topological polar surface area (TPSA) is 134 Å². The zero-order valence-corrected chi connectivity index (χ0v) is 24.5. The maximum atomic E-state index is 15.2. The Labute approximate surface area is 252 Å². The SMILES string of the molecule is CC(C)C(=O)OCN1C=N[NH+](C[C@](O)(c2ccc(F)cc2F)[C@@H](C)N2CCN(c3ccc(-n4cnnn4)cc3)C2=O)C1.[Cl-]. The maximum Gasteiger partial charge on any atom is 0.324 e. The molecule has 2 aliphatic rings. The summed E-state index contributed by atoms with van der Waals surface area (Å²) in [6.07, 6.45) is 2.94. The number of carbonyl (C=O) groups is 2. The Bertz CT molecular complexity index is 1460. The number of aromatic nitrogens is 4. The van der Waals surface area contributed by atoms with Crippen molar-refractivity contribution < 1.29 is 45.6 Å². The number of anilines is 1. The number of amides is 2. The summed E-state index contributed by atoms with van der Waals surface area (Å²) in [5.41, 5.74) is -0.765. The number of carbonyl (C=O) groups excluding carboxylic acids is 2. The summed E-state index contributed by atoms with van der Waals surface area (Å²) in [6, 6.07) is 8.74. The summed E-state index contributed by atoms with van der Waals surface area (Å²) in [7, 11) is 0. The van der Waals surface area contributed by atoms with Gasteiger partial charge in [-0.1, -0.05) is 18.9 Å². The van der Waals surface area contributed by atoms with E-state index in [4.69, 9.17) is 4.74 Å². The van der Waals surface area contributed by atoms with Crippen LogP contribution in [0.4, 0.5) is 19.3 Å². The predicted molar refractivity (Wildman–Crippen MR) is 145 cm³/mol. The Kier molecular flexibility index (Phi) is 9.57. The Balaban J connectivity index is 0.00000423. The molecule has 0 radical (unpaired) electrons. The van der Waals surface area contributed by atoms with Crippen molar-refractivity contribution in [3.63, 3.8) is 0 Å². The van der Waals surface area contributed by atoms with Crippen LogP contribution in [0.1, 0.15) is 26.3 Å². The number of ether oxygens (including phenoxy) is 1. The third-order valence-corrected chi connectivity index (χ3v) is 7.48. The van der Waals surface area contributed by atoms with Gasteiger partial charge in [0.1, 0.15) is 24.5 Å². The molecule has 2 aliphatic heterocycles. The minimum atomic E-state index is -1.95. The van der Waals surface area contributed by atoms with Crippen LogP contribution in [0, 0.1) is 17.6 Å². The molecule has 2 amide bonds. The Morgan fingerprint density at radius 3 is 2.49 bits per heavy atom. The van der Waals surface area contributed by atoms with Crippen molar-refractivity contribution in [3.05, 3.63) is 66.0 Å². The third-order valence-electron chi connectivity index (χ3n) is 7.48. The van der Waals surface area contributed by atoms with Crippen LogP contribution >= 0.6 is 0 Å². The summed E-state index contributed by atoms with van der Waals surface area (Å²) in [5, 5.41) is 28.1. The van der Waals surface area contributed by atoms with Crippen LogP contribution in [0.25, 0.3) is 5.69 Å². The van der Waals surface area contributed by atoms with Gasteiger partial charge < -0.3 is 27.2 Å². The van der Waals surface area contributed by atoms with E-state index < -0.39 is 23.3 Å². The van der Waals surface area contributed by atoms with E-state index in [2.05, 4.69) is 20.6 Å². The number of hydrogen-bond donors (Lipinski definition) is 2. The molecule has 1 aromatic heterocycles. The molecule has 3 heterocycles. The van der Waals surface area contributed by atoms with Gasteiger partial charge in [-0.25, -0.2) is 18.3 Å². The molecule has 1 saturated heterocycles. The van der Waals surface area contributed by atoms with Crippen molar-refractivity contribution in [1.29, 1.82) is 0 Å². The summed E-state index contributed by atoms with van der Waals surface area (Å²) < 4.78 is 35.8. The molecule has 0 aliphatic carbocycles. The standard InChI is InChI=1S/C27H31F2N9O4.ClH/c1-18(2)25(39)42-17-34-15-31-35(16-34)13-27(41,23-9-4-20(28)12-24(23)29)19(3)36-10-11-37(26(36)40)21-5-7-22(8-6-21)38-14-30-32-33-38;/h4-9,12,14-15,18-19,41H,10-11,13,16-17H2,1-3H3;1H/t19-,27-;/m1./s1. The summed E-state index contributed by atoms with van der Waals surface area (Å²) in [4.78, 5) is 30.2. The van der Waals surface area contributed by atoms with Gasteiger partial charge in [0, 0.05) is 30.4 Å². The van der Waals surface area contributed by atoms with Crippen LogP contribution < -0.4 is 22.3 Å². The molecular formula is C27H32ClF2N9O4. The van der Waals surface area contributed by atoms with Crippen molar-refractivity contribution in [1.82, 2.24) is 30.0 Å². The fourth-order valence-electron chi connectivity index (χ4n) is 5.07. The summed E-state index contributed by atoms with van der Waals surface area (Å²) in [6.45, 7) is 5.71. The normalized spacial score (nSPS) is 18.6. The number of rotatable bonds is 10. The van der Waals surface area contributed by atoms with Crippen molar-refractivity contribution in [2.75, 3.05) is 37.9 Å². The van der Waals surface area contributed by atoms with Gasteiger partial charge in [0.2, 0.25) is 0 Å². The van der Waals surface area contributed by atoms with Gasteiger partial charge in [-0.3, -0.25) is 14.6 Å². The van der Waals surface area contributed by atoms with Gasteiger partial charge in [-0.15, -0.1) is 5.10 Å². The molecule has 1 fully saturated rings. The highest BCUT2D eigenvalue weighted by molar-refractivity contribution is 5.94. The lowest BCUT2D eigenvalue weighted by molar-refractivity contribution is -0.915. The lowest BCUT2D eigenvalue weighted by Crippen LogP contribution is -3.09. The molecule has 5 rings (SSSR count). The molecular weight excluding hydrogens is 588 g/mol. The second-order valence-electron chi connectivity index (χ2n) is 10.6. The van der Waals surface area contributed by atoms with Crippen molar-refractivity contribution in [2.45, 2.75) is 32.4 Å². The lowest BCUT2D eigenvalue weighted by atomic mass is 9.85. The van der Waals surface area contributed by atoms with E-state index in [1.807, 2.05) is 0 Å². The highest BCUT2D eigenvalue weighted by Crippen LogP contribution is 2.33. The number of aliphatic hydroxyl groups is 1. The molecule has 2 aromatic carbocycles. The van der Waals surface area contributed by atoms with Crippen LogP contribution in [0.15, 0.2) is 53.9 Å². The first kappa shape index (κ1) is 31.7. The van der Waals surface area contributed by atoms with Gasteiger partial charge in [0.25, 0.3) is 0 Å². The first-order valence-corrected chi connectivity index (χ1v) is 13.5. The van der Waals surface area contributed by atoms with Gasteiger partial charge in [-0.2, -0.15) is 5.01 Å². The van der Waals surface area contributed by atoms with Crippen molar-refractivity contribution >= 4 is 24.0 Å². The number of quaternary nitrogens is 1. The fraction of sp³-hybridized carbons (Fsp3) is 0.407. The van der Waals surface area contributed by atoms with E-state index >= 15 is 4.39 Å². The first-order valence-electron chi connectivity index (χ1n) is 13.5. The van der Waals surface area contributed by atoms with Gasteiger partial charge in [-0.05, 0) is 53.7 Å². The molecule has 230 valence electrons. The number of nitrogens with zero attached hydrogens (tertiary/aromatic N) is 8. The number of urea groups is 1. The quantitative estimate of drug-likeness (QED) is 0.243. The van der Waals surface area contributed by atoms with Gasteiger partial charge in [0.15, 0.2) is 25.3 Å². The summed E-state index contributed by atoms with van der Waals surface area (Å²) in [5.74, 6) is -2.37. The molecule has 0 saturated carbocycles. The number of benzene rings is 2. The largest absolute Gasteiger partial charge is 1.00 e. The number of nitrogens with one attached hydrogen (secondary N) is 1. The number of esters is 1. The summed E-state index contributed by atoms with van der Waals surface area (Å²) >= 11 is 0. The fourth-order valence-corrected chi connectivity index (χ4v) is 5.07. The number of halogens is 3. The van der Waals surface area contributed by atoms with E-state index in [9.17, 15) is 19.1 Å². The monoisotopic (exact) mass is 619 g/mol. The average molecular weight is 620 g/mol. The molecule has 2 N–H and O–H groups in total. The highest BCUT2D eigenvalue weighted by atomic mass is 35.5. The van der Waals surface area contributed by atoms with E-state index in [1.165, 1.54) is 28.3 Å².